The van der Waals surface area contributed by atoms with E-state index in [1.807, 2.05) is 54.6 Å². The molecule has 0 unspecified atom stereocenters. The number of esters is 3. The van der Waals surface area contributed by atoms with E-state index in [4.69, 9.17) is 33.2 Å². The van der Waals surface area contributed by atoms with E-state index in [0.717, 1.165) is 12.0 Å². The second-order valence-electron chi connectivity index (χ2n) is 18.5. The summed E-state index contributed by atoms with van der Waals surface area (Å²) in [5.41, 5.74) is 1.16. The predicted octanol–water partition coefficient (Wildman–Crippen LogP) is 5.30. The van der Waals surface area contributed by atoms with Gasteiger partial charge in [0.05, 0.1) is 37.7 Å². The lowest BCUT2D eigenvalue weighted by Gasteiger charge is -2.31. The van der Waals surface area contributed by atoms with E-state index < -0.39 is 54.5 Å². The molecule has 2 amide bonds. The van der Waals surface area contributed by atoms with Crippen LogP contribution in [0.15, 0.2) is 72.8 Å². The normalized spacial score (nSPS) is 24.2. The number of amides is 2. The summed E-state index contributed by atoms with van der Waals surface area (Å²) in [5, 5.41) is 32.2. The van der Waals surface area contributed by atoms with Gasteiger partial charge in [-0.2, -0.15) is 0 Å². The van der Waals surface area contributed by atoms with Crippen molar-refractivity contribution in [3.63, 3.8) is 0 Å². The van der Waals surface area contributed by atoms with Gasteiger partial charge in [-0.1, -0.05) is 66.5 Å². The molecule has 0 radical (unpaired) electrons. The number of aliphatic hydroxyl groups is 3. The molecule has 17 heteroatoms. The van der Waals surface area contributed by atoms with Gasteiger partial charge in [-0.05, 0) is 75.2 Å². The molecule has 3 aliphatic rings. The Bertz CT molecular complexity index is 2170. The quantitative estimate of drug-likeness (QED) is 0.0379. The molecule has 1 fully saturated rings. The van der Waals surface area contributed by atoms with E-state index >= 15 is 0 Å². The van der Waals surface area contributed by atoms with Crippen LogP contribution in [0.3, 0.4) is 0 Å². The molecule has 0 saturated heterocycles. The van der Waals surface area contributed by atoms with Crippen LogP contribution < -0.4 is 14.2 Å². The van der Waals surface area contributed by atoms with Crippen molar-refractivity contribution < 1.29 is 72.5 Å². The SMILES string of the molecule is CO[C@H]1C#CCCN(C(=O)CCC(=O)Oc2cc(OC(=O)CCC/C=C\C[C@@H]3[C@@H](CC[C@@H](O)CCc4ccccc4)[C@H](O)C[C@@H]3O)cc(OC(=O)CCC(=O)N3CC/C=C\[C@H](OC)[C@@H](OC)C3)c2)C[C@@H]1OC. The van der Waals surface area contributed by atoms with Crippen LogP contribution in [0.2, 0.25) is 0 Å². The van der Waals surface area contributed by atoms with Gasteiger partial charge in [-0.25, -0.2) is 0 Å². The zero-order valence-electron chi connectivity index (χ0n) is 42.2. The summed E-state index contributed by atoms with van der Waals surface area (Å²) in [6, 6.07) is 13.9. The van der Waals surface area contributed by atoms with Crippen LogP contribution in [0, 0.1) is 23.7 Å². The van der Waals surface area contributed by atoms with Gasteiger partial charge in [0.15, 0.2) is 0 Å². The third-order valence-corrected chi connectivity index (χ3v) is 13.4. The van der Waals surface area contributed by atoms with Crippen molar-refractivity contribution in [1.29, 1.82) is 0 Å². The zero-order chi connectivity index (χ0) is 51.8. The Kier molecular flexibility index (Phi) is 24.4. The maximum atomic E-state index is 13.3. The van der Waals surface area contributed by atoms with E-state index in [0.29, 0.717) is 70.9 Å². The van der Waals surface area contributed by atoms with Gasteiger partial charge in [0.25, 0.3) is 0 Å². The third kappa shape index (κ3) is 18.9. The molecule has 0 bridgehead atoms. The maximum Gasteiger partial charge on any atom is 0.311 e. The van der Waals surface area contributed by atoms with Crippen molar-refractivity contribution in [2.75, 3.05) is 54.6 Å². The number of rotatable bonds is 25. The van der Waals surface area contributed by atoms with E-state index in [2.05, 4.69) is 11.8 Å². The highest BCUT2D eigenvalue weighted by molar-refractivity contribution is 5.83. The summed E-state index contributed by atoms with van der Waals surface area (Å²) in [4.78, 5) is 69.2. The number of aliphatic hydroxyl groups excluding tert-OH is 3. The summed E-state index contributed by atoms with van der Waals surface area (Å²) >= 11 is 0. The number of carbonyl (C=O) groups excluding carboxylic acids is 5. The minimum atomic E-state index is -0.762. The van der Waals surface area contributed by atoms with Crippen LogP contribution in [-0.4, -0.2) is 152 Å². The van der Waals surface area contributed by atoms with Gasteiger partial charge in [0, 0.05) is 92.0 Å². The molecule has 2 aliphatic heterocycles. The van der Waals surface area contributed by atoms with Gasteiger partial charge in [0.1, 0.15) is 41.7 Å². The number of benzene rings is 2. The summed E-state index contributed by atoms with van der Waals surface area (Å²) < 4.78 is 38.9. The molecular weight excluding hydrogens is 929 g/mol. The first-order valence-corrected chi connectivity index (χ1v) is 25.1. The van der Waals surface area contributed by atoms with Crippen LogP contribution in [-0.2, 0) is 49.3 Å². The fourth-order valence-corrected chi connectivity index (χ4v) is 9.31. The molecule has 5 rings (SSSR count). The number of hydrogen-bond donors (Lipinski definition) is 3. The van der Waals surface area contributed by atoms with E-state index in [-0.39, 0.29) is 92.2 Å². The second kappa shape index (κ2) is 30.6. The lowest BCUT2D eigenvalue weighted by molar-refractivity contribution is -0.140. The second-order valence-corrected chi connectivity index (χ2v) is 18.5. The highest BCUT2D eigenvalue weighted by Gasteiger charge is 2.40. The average molecular weight is 1000 g/mol. The number of unbranched alkanes of at least 4 members (excludes halogenated alkanes) is 1. The number of hydrogen-bond acceptors (Lipinski definition) is 15. The van der Waals surface area contributed by atoms with Crippen molar-refractivity contribution in [3.8, 4) is 29.1 Å². The number of ether oxygens (including phenoxy) is 7. The van der Waals surface area contributed by atoms with Gasteiger partial charge < -0.3 is 58.3 Å². The zero-order valence-corrected chi connectivity index (χ0v) is 42.2. The van der Waals surface area contributed by atoms with E-state index in [1.54, 1.807) is 24.0 Å². The maximum absolute atomic E-state index is 13.3. The predicted molar refractivity (Wildman–Crippen MR) is 266 cm³/mol. The molecule has 72 heavy (non-hydrogen) atoms. The van der Waals surface area contributed by atoms with Crippen molar-refractivity contribution in [2.24, 2.45) is 11.8 Å². The molecule has 0 aromatic heterocycles. The molecule has 2 heterocycles. The Morgan fingerprint density at radius 2 is 1.31 bits per heavy atom. The van der Waals surface area contributed by atoms with Crippen LogP contribution in [0.4, 0.5) is 0 Å². The van der Waals surface area contributed by atoms with Crippen molar-refractivity contribution in [1.82, 2.24) is 9.80 Å². The molecule has 2 aromatic carbocycles. The lowest BCUT2D eigenvalue weighted by Crippen LogP contribution is -2.45. The average Bonchev–Trinajstić information content (AvgIpc) is 3.62. The number of aryl methyl sites for hydroxylation is 1. The van der Waals surface area contributed by atoms with E-state index in [9.17, 15) is 39.3 Å². The first-order chi connectivity index (χ1) is 34.8. The monoisotopic (exact) mass is 1000 g/mol. The van der Waals surface area contributed by atoms with Crippen molar-refractivity contribution in [3.05, 3.63) is 78.4 Å². The van der Waals surface area contributed by atoms with Crippen molar-refractivity contribution >= 4 is 29.7 Å². The highest BCUT2D eigenvalue weighted by Crippen LogP contribution is 2.39. The molecule has 3 N–H and O–H groups in total. The lowest BCUT2D eigenvalue weighted by atomic mass is 9.85. The summed E-state index contributed by atoms with van der Waals surface area (Å²) in [6.07, 6.45) is 8.58. The summed E-state index contributed by atoms with van der Waals surface area (Å²) in [5.74, 6) is 2.72. The Hall–Kier alpha value is -5.45. The third-order valence-electron chi connectivity index (χ3n) is 13.4. The van der Waals surface area contributed by atoms with Crippen LogP contribution in [0.1, 0.15) is 95.5 Å². The van der Waals surface area contributed by atoms with Gasteiger partial charge >= 0.3 is 17.9 Å². The Morgan fingerprint density at radius 1 is 0.708 bits per heavy atom. The number of allylic oxidation sites excluding steroid dienone is 2. The molecule has 9 atom stereocenters. The minimum absolute atomic E-state index is 0.0143. The molecule has 0 spiro atoms. The van der Waals surface area contributed by atoms with Crippen molar-refractivity contribution in [2.45, 2.75) is 139 Å². The molecule has 2 aromatic rings. The fraction of sp³-hybridized carbons (Fsp3) is 0.582. The van der Waals surface area contributed by atoms with Gasteiger partial charge in [-0.15, -0.1) is 0 Å². The Balaban J connectivity index is 1.15. The molecular formula is C55H74N2O15. The smallest absolute Gasteiger partial charge is 0.311 e. The largest absolute Gasteiger partial charge is 0.426 e. The molecule has 1 saturated carbocycles. The van der Waals surface area contributed by atoms with Crippen LogP contribution in [0.25, 0.3) is 0 Å². The van der Waals surface area contributed by atoms with Gasteiger partial charge in [0.2, 0.25) is 11.8 Å². The topological polar surface area (TPSA) is 217 Å². The summed E-state index contributed by atoms with van der Waals surface area (Å²) in [7, 11) is 6.14. The molecule has 394 valence electrons. The molecule has 1 aliphatic carbocycles. The summed E-state index contributed by atoms with van der Waals surface area (Å²) in [6.45, 7) is 1.26. The number of methoxy groups -OCH3 is 4. The van der Waals surface area contributed by atoms with Gasteiger partial charge in [-0.3, -0.25) is 24.0 Å². The Labute approximate surface area is 423 Å². The first-order valence-electron chi connectivity index (χ1n) is 25.1. The van der Waals surface area contributed by atoms with E-state index in [1.165, 1.54) is 32.4 Å². The fourth-order valence-electron chi connectivity index (χ4n) is 9.31. The first kappa shape index (κ1) is 57.5. The van der Waals surface area contributed by atoms with Crippen LogP contribution in [0.5, 0.6) is 17.2 Å². The highest BCUT2D eigenvalue weighted by atomic mass is 16.6. The Morgan fingerprint density at radius 3 is 1.92 bits per heavy atom. The standard InChI is InChI=1S/C55H74N2O15/c1-66-47-19-12-14-30-56(36-49(47)68-3)51(61)26-28-54(64)71-41-32-40(33-42(34-41)72-55(65)29-27-52(62)57-31-15-13-20-48(67-2)50(37-57)69-4)70-53(63)21-11-6-5-10-18-43-44(46(60)35-45(43)59)25-24-39(58)23-22-38-16-8-7-9-17-38/h5,7-10,12,16-17,19,32-34,39,43-50,58-60H,6,11,14-15,18,21-31,35-37H2,1-4H3/b10-5-,19-12-/t39-,43+,44+,45-,46+,47-,48-,49-,50-/m0/s1. The molecule has 17 nitrogen and oxygen atoms in total. The number of nitrogens with zero attached hydrogens (tertiary/aromatic N) is 2. The van der Waals surface area contributed by atoms with Crippen LogP contribution >= 0.6 is 0 Å². The number of carbonyl (C=O) groups is 5. The minimum Gasteiger partial charge on any atom is -0.426 e.